The van der Waals surface area contributed by atoms with Gasteiger partial charge in [-0.15, -0.1) is 0 Å². The molecule has 0 saturated heterocycles. The van der Waals surface area contributed by atoms with Crippen LogP contribution in [0.25, 0.3) is 0 Å². The molecule has 0 saturated carbocycles. The fourth-order valence-electron chi connectivity index (χ4n) is 1.93. The Morgan fingerprint density at radius 1 is 1.00 bits per heavy atom. The highest BCUT2D eigenvalue weighted by Gasteiger charge is 2.16. The average molecular weight is 362 g/mol. The summed E-state index contributed by atoms with van der Waals surface area (Å²) in [6.07, 6.45) is 0. The predicted molar refractivity (Wildman–Crippen MR) is 92.7 cm³/mol. The van der Waals surface area contributed by atoms with Crippen LogP contribution in [-0.2, 0) is 19.6 Å². The number of hydrogen-bond acceptors (Lipinski definition) is 5. The normalized spacial score (nSPS) is 11.0. The monoisotopic (exact) mass is 362 g/mol. The van der Waals surface area contributed by atoms with Crippen LogP contribution in [0, 0.1) is 6.92 Å². The van der Waals surface area contributed by atoms with E-state index in [9.17, 15) is 18.0 Å². The zero-order valence-corrected chi connectivity index (χ0v) is 14.6. The highest BCUT2D eigenvalue weighted by atomic mass is 32.2. The molecule has 0 radical (unpaired) electrons. The minimum atomic E-state index is -3.86. The number of carbonyl (C=O) groups is 2. The highest BCUT2D eigenvalue weighted by molar-refractivity contribution is 7.89. The lowest BCUT2D eigenvalue weighted by Crippen LogP contribution is -2.32. The molecule has 0 bridgehead atoms. The van der Waals surface area contributed by atoms with Crippen LogP contribution in [0.5, 0.6) is 5.75 Å². The van der Waals surface area contributed by atoms with Gasteiger partial charge in [-0.3, -0.25) is 9.59 Å². The lowest BCUT2D eigenvalue weighted by Gasteiger charge is -2.08. The van der Waals surface area contributed by atoms with Crippen molar-refractivity contribution in [2.75, 3.05) is 11.9 Å². The average Bonchev–Trinajstić information content (AvgIpc) is 2.55. The van der Waals surface area contributed by atoms with Crippen LogP contribution in [0.2, 0.25) is 0 Å². The minimum absolute atomic E-state index is 0.0234. The second kappa shape index (κ2) is 7.91. The molecule has 2 N–H and O–H groups in total. The highest BCUT2D eigenvalue weighted by Crippen LogP contribution is 2.14. The van der Waals surface area contributed by atoms with Gasteiger partial charge in [0.05, 0.1) is 4.90 Å². The molecule has 2 aromatic rings. The van der Waals surface area contributed by atoms with E-state index in [4.69, 9.17) is 4.74 Å². The van der Waals surface area contributed by atoms with Crippen molar-refractivity contribution < 1.29 is 22.7 Å². The van der Waals surface area contributed by atoms with E-state index >= 15 is 0 Å². The molecule has 2 rings (SSSR count). The Morgan fingerprint density at radius 2 is 1.60 bits per heavy atom. The van der Waals surface area contributed by atoms with Gasteiger partial charge in [0, 0.05) is 12.6 Å². The van der Waals surface area contributed by atoms with Gasteiger partial charge in [-0.05, 0) is 43.3 Å². The molecule has 0 unspecified atom stereocenters. The fourth-order valence-corrected chi connectivity index (χ4v) is 2.90. The van der Waals surface area contributed by atoms with Crippen LogP contribution in [-0.4, -0.2) is 26.8 Å². The summed E-state index contributed by atoms with van der Waals surface area (Å²) in [5.41, 5.74) is 1.49. The van der Waals surface area contributed by atoms with Crippen molar-refractivity contribution in [3.05, 3.63) is 54.1 Å². The summed E-state index contributed by atoms with van der Waals surface area (Å²) in [5, 5.41) is 2.54. The second-order valence-electron chi connectivity index (χ2n) is 5.32. The van der Waals surface area contributed by atoms with E-state index in [1.807, 2.05) is 6.92 Å². The van der Waals surface area contributed by atoms with Crippen molar-refractivity contribution in [3.8, 4) is 5.75 Å². The summed E-state index contributed by atoms with van der Waals surface area (Å²) in [7, 11) is -3.86. The smallest absolute Gasteiger partial charge is 0.326 e. The molecule has 0 heterocycles. The number of amides is 1. The Labute approximate surface area is 146 Å². The molecule has 132 valence electrons. The SMILES string of the molecule is CC(=O)Nc1ccc(S(=O)(=O)NCC(=O)Oc2ccc(C)cc2)cc1. The first-order valence-corrected chi connectivity index (χ1v) is 8.89. The third-order valence-electron chi connectivity index (χ3n) is 3.14. The number of nitrogens with one attached hydrogen (secondary N) is 2. The summed E-state index contributed by atoms with van der Waals surface area (Å²) >= 11 is 0. The van der Waals surface area contributed by atoms with Crippen molar-refractivity contribution in [2.24, 2.45) is 0 Å². The molecule has 7 nitrogen and oxygen atoms in total. The van der Waals surface area contributed by atoms with Crippen molar-refractivity contribution >= 4 is 27.6 Å². The van der Waals surface area contributed by atoms with Crippen LogP contribution in [0.3, 0.4) is 0 Å². The quantitative estimate of drug-likeness (QED) is 0.603. The van der Waals surface area contributed by atoms with Crippen LogP contribution < -0.4 is 14.8 Å². The molecule has 0 aliphatic rings. The second-order valence-corrected chi connectivity index (χ2v) is 7.08. The van der Waals surface area contributed by atoms with E-state index in [0.717, 1.165) is 5.56 Å². The van der Waals surface area contributed by atoms with E-state index in [0.29, 0.717) is 11.4 Å². The number of sulfonamides is 1. The molecule has 2 aromatic carbocycles. The molecule has 0 spiro atoms. The summed E-state index contributed by atoms with van der Waals surface area (Å²) in [6.45, 7) is 2.76. The molecule has 0 aliphatic heterocycles. The van der Waals surface area contributed by atoms with E-state index < -0.39 is 22.5 Å². The fraction of sp³-hybridized carbons (Fsp3) is 0.176. The Hall–Kier alpha value is -2.71. The zero-order valence-electron chi connectivity index (χ0n) is 13.8. The number of benzene rings is 2. The predicted octanol–water partition coefficient (Wildman–Crippen LogP) is 1.84. The van der Waals surface area contributed by atoms with Gasteiger partial charge < -0.3 is 10.1 Å². The van der Waals surface area contributed by atoms with Crippen LogP contribution in [0.15, 0.2) is 53.4 Å². The number of hydrogen-bond donors (Lipinski definition) is 2. The maximum Gasteiger partial charge on any atom is 0.326 e. The number of esters is 1. The first-order chi connectivity index (χ1) is 11.8. The van der Waals surface area contributed by atoms with Crippen molar-refractivity contribution in [1.29, 1.82) is 0 Å². The van der Waals surface area contributed by atoms with Gasteiger partial charge in [0.2, 0.25) is 15.9 Å². The number of ether oxygens (including phenoxy) is 1. The lowest BCUT2D eigenvalue weighted by atomic mass is 10.2. The molecule has 8 heteroatoms. The molecular formula is C17H18N2O5S. The summed E-state index contributed by atoms with van der Waals surface area (Å²) in [6, 6.07) is 12.4. The standard InChI is InChI=1S/C17H18N2O5S/c1-12-3-7-15(8-4-12)24-17(21)11-18-25(22,23)16-9-5-14(6-10-16)19-13(2)20/h3-10,18H,11H2,1-2H3,(H,19,20). The summed E-state index contributed by atoms with van der Waals surface area (Å²) < 4.78 is 31.5. The molecular weight excluding hydrogens is 344 g/mol. The summed E-state index contributed by atoms with van der Waals surface area (Å²) in [5.74, 6) is -0.635. The Kier molecular flexibility index (Phi) is 5.89. The van der Waals surface area contributed by atoms with Crippen LogP contribution >= 0.6 is 0 Å². The lowest BCUT2D eigenvalue weighted by molar-refractivity contribution is -0.133. The number of rotatable bonds is 6. The van der Waals surface area contributed by atoms with E-state index in [2.05, 4.69) is 10.0 Å². The Bertz CT molecular complexity index is 859. The molecule has 0 fully saturated rings. The topological polar surface area (TPSA) is 102 Å². The van der Waals surface area contributed by atoms with Gasteiger partial charge in [0.1, 0.15) is 12.3 Å². The third kappa shape index (κ3) is 5.70. The maximum absolute atomic E-state index is 12.2. The molecule has 0 atom stereocenters. The Balaban J connectivity index is 1.95. The summed E-state index contributed by atoms with van der Waals surface area (Å²) in [4.78, 5) is 22.7. The van der Waals surface area contributed by atoms with Crippen molar-refractivity contribution in [2.45, 2.75) is 18.7 Å². The number of carbonyl (C=O) groups excluding carboxylic acids is 2. The van der Waals surface area contributed by atoms with E-state index in [1.54, 1.807) is 24.3 Å². The van der Waals surface area contributed by atoms with Crippen molar-refractivity contribution in [3.63, 3.8) is 0 Å². The largest absolute Gasteiger partial charge is 0.426 e. The van der Waals surface area contributed by atoms with Crippen molar-refractivity contribution in [1.82, 2.24) is 4.72 Å². The third-order valence-corrected chi connectivity index (χ3v) is 4.56. The van der Waals surface area contributed by atoms with Gasteiger partial charge in [-0.1, -0.05) is 17.7 Å². The number of aryl methyl sites for hydroxylation is 1. The molecule has 0 aromatic heterocycles. The zero-order chi connectivity index (χ0) is 18.4. The molecule has 1 amide bonds. The first-order valence-electron chi connectivity index (χ1n) is 7.41. The molecule has 0 aliphatic carbocycles. The van der Waals surface area contributed by atoms with Crippen LogP contribution in [0.1, 0.15) is 12.5 Å². The maximum atomic E-state index is 12.2. The number of anilines is 1. The van der Waals surface area contributed by atoms with Gasteiger partial charge in [0.15, 0.2) is 0 Å². The van der Waals surface area contributed by atoms with Gasteiger partial charge >= 0.3 is 5.97 Å². The Morgan fingerprint density at radius 3 is 2.16 bits per heavy atom. The van der Waals surface area contributed by atoms with E-state index in [1.165, 1.54) is 31.2 Å². The molecule has 25 heavy (non-hydrogen) atoms. The minimum Gasteiger partial charge on any atom is -0.426 e. The van der Waals surface area contributed by atoms with E-state index in [-0.39, 0.29) is 10.8 Å². The van der Waals surface area contributed by atoms with Gasteiger partial charge in [0.25, 0.3) is 0 Å². The van der Waals surface area contributed by atoms with Crippen LogP contribution in [0.4, 0.5) is 5.69 Å². The first kappa shape index (κ1) is 18.6. The van der Waals surface area contributed by atoms with Gasteiger partial charge in [-0.25, -0.2) is 8.42 Å². The van der Waals surface area contributed by atoms with Gasteiger partial charge in [-0.2, -0.15) is 4.72 Å².